The van der Waals surface area contributed by atoms with Gasteiger partial charge in [0.1, 0.15) is 0 Å². The molecule has 1 aliphatic carbocycles. The van der Waals surface area contributed by atoms with Crippen molar-refractivity contribution in [2.45, 2.75) is 25.7 Å². The summed E-state index contributed by atoms with van der Waals surface area (Å²) in [5, 5.41) is 7.00. The van der Waals surface area contributed by atoms with E-state index in [0.29, 0.717) is 0 Å². The van der Waals surface area contributed by atoms with Crippen molar-refractivity contribution in [1.29, 1.82) is 0 Å². The average molecular weight is 148 g/mol. The first kappa shape index (κ1) is 6.65. The molecule has 0 amide bonds. The molecule has 0 bridgehead atoms. The van der Waals surface area contributed by atoms with Crippen molar-refractivity contribution in [2.24, 2.45) is 0 Å². The molecule has 0 unspecified atom stereocenters. The van der Waals surface area contributed by atoms with E-state index in [-0.39, 0.29) is 5.41 Å². The summed E-state index contributed by atoms with van der Waals surface area (Å²) in [6.45, 7) is 4.48. The summed E-state index contributed by atoms with van der Waals surface area (Å²) in [7, 11) is 0. The van der Waals surface area contributed by atoms with Gasteiger partial charge in [-0.25, -0.2) is 0 Å². The first-order valence-electron chi connectivity index (χ1n) is 3.90. The van der Waals surface area contributed by atoms with E-state index in [0.717, 1.165) is 6.42 Å². The molecule has 1 aromatic rings. The molecule has 0 fully saturated rings. The van der Waals surface area contributed by atoms with Crippen LogP contribution in [0.5, 0.6) is 0 Å². The van der Waals surface area contributed by atoms with Crippen molar-refractivity contribution in [3.05, 3.63) is 23.5 Å². The van der Waals surface area contributed by atoms with E-state index >= 15 is 0 Å². The van der Waals surface area contributed by atoms with Gasteiger partial charge >= 0.3 is 0 Å². The highest BCUT2D eigenvalue weighted by Gasteiger charge is 2.25. The average Bonchev–Trinajstić information content (AvgIpc) is 2.34. The second-order valence-corrected chi connectivity index (χ2v) is 3.69. The number of nitrogens with zero attached hydrogens (tertiary/aromatic N) is 1. The molecule has 0 aromatic carbocycles. The first-order valence-corrected chi connectivity index (χ1v) is 3.90. The molecule has 58 valence electrons. The number of nitrogens with one attached hydrogen (secondary N) is 1. The normalized spacial score (nSPS) is 19.8. The van der Waals surface area contributed by atoms with Gasteiger partial charge in [-0.05, 0) is 17.9 Å². The van der Waals surface area contributed by atoms with Gasteiger partial charge in [0, 0.05) is 5.56 Å². The Bertz CT molecular complexity index is 294. The smallest absolute Gasteiger partial charge is 0.0612 e. The van der Waals surface area contributed by atoms with E-state index in [1.165, 1.54) is 11.3 Å². The van der Waals surface area contributed by atoms with E-state index in [1.54, 1.807) is 0 Å². The van der Waals surface area contributed by atoms with Crippen molar-refractivity contribution in [2.75, 3.05) is 0 Å². The molecule has 1 aliphatic rings. The zero-order valence-electron chi connectivity index (χ0n) is 6.89. The van der Waals surface area contributed by atoms with Crippen LogP contribution in [-0.4, -0.2) is 10.2 Å². The molecular formula is C9H12N2. The zero-order valence-corrected chi connectivity index (χ0v) is 6.89. The molecule has 11 heavy (non-hydrogen) atoms. The fourth-order valence-corrected chi connectivity index (χ4v) is 1.54. The molecule has 0 saturated heterocycles. The van der Waals surface area contributed by atoms with Crippen LogP contribution in [-0.2, 0) is 5.41 Å². The Balaban J connectivity index is 2.58. The van der Waals surface area contributed by atoms with Gasteiger partial charge < -0.3 is 0 Å². The highest BCUT2D eigenvalue weighted by atomic mass is 15.1. The Labute approximate surface area is 66.3 Å². The van der Waals surface area contributed by atoms with Crippen LogP contribution >= 0.6 is 0 Å². The van der Waals surface area contributed by atoms with Crippen LogP contribution in [0.1, 0.15) is 31.5 Å². The number of fused-ring (bicyclic) bond motifs is 1. The summed E-state index contributed by atoms with van der Waals surface area (Å²) in [6.07, 6.45) is 7.34. The van der Waals surface area contributed by atoms with E-state index < -0.39 is 0 Å². The van der Waals surface area contributed by atoms with Gasteiger partial charge in [-0.2, -0.15) is 5.10 Å². The lowest BCUT2D eigenvalue weighted by Gasteiger charge is -2.25. The van der Waals surface area contributed by atoms with E-state index in [1.807, 2.05) is 6.20 Å². The van der Waals surface area contributed by atoms with Gasteiger partial charge in [0.05, 0.1) is 11.9 Å². The summed E-state index contributed by atoms with van der Waals surface area (Å²) in [6, 6.07) is 0. The zero-order chi connectivity index (χ0) is 7.90. The maximum absolute atomic E-state index is 4.02. The molecule has 0 saturated carbocycles. The van der Waals surface area contributed by atoms with Crippen molar-refractivity contribution >= 4 is 6.08 Å². The van der Waals surface area contributed by atoms with Gasteiger partial charge in [0.25, 0.3) is 0 Å². The molecular weight excluding hydrogens is 136 g/mol. The molecule has 2 rings (SSSR count). The Morgan fingerprint density at radius 3 is 3.09 bits per heavy atom. The molecule has 2 nitrogen and oxygen atoms in total. The van der Waals surface area contributed by atoms with Gasteiger partial charge in [0.15, 0.2) is 0 Å². The summed E-state index contributed by atoms with van der Waals surface area (Å²) in [4.78, 5) is 0. The largest absolute Gasteiger partial charge is 0.278 e. The summed E-state index contributed by atoms with van der Waals surface area (Å²) in [5.41, 5.74) is 2.76. The van der Waals surface area contributed by atoms with Crippen LogP contribution in [0, 0.1) is 0 Å². The maximum atomic E-state index is 4.02. The Morgan fingerprint density at radius 2 is 2.36 bits per heavy atom. The predicted molar refractivity (Wildman–Crippen MR) is 45.3 cm³/mol. The van der Waals surface area contributed by atoms with Gasteiger partial charge in [0.2, 0.25) is 0 Å². The van der Waals surface area contributed by atoms with Gasteiger partial charge in [-0.1, -0.05) is 19.9 Å². The Morgan fingerprint density at radius 1 is 1.55 bits per heavy atom. The van der Waals surface area contributed by atoms with Crippen molar-refractivity contribution in [3.63, 3.8) is 0 Å². The fourth-order valence-electron chi connectivity index (χ4n) is 1.54. The quantitative estimate of drug-likeness (QED) is 0.599. The first-order chi connectivity index (χ1) is 5.20. The molecule has 2 heteroatoms. The highest BCUT2D eigenvalue weighted by molar-refractivity contribution is 5.54. The maximum Gasteiger partial charge on any atom is 0.0612 e. The van der Waals surface area contributed by atoms with Crippen molar-refractivity contribution < 1.29 is 0 Å². The lowest BCUT2D eigenvalue weighted by atomic mass is 9.79. The van der Waals surface area contributed by atoms with E-state index in [4.69, 9.17) is 0 Å². The highest BCUT2D eigenvalue weighted by Crippen LogP contribution is 2.33. The van der Waals surface area contributed by atoms with Crippen LogP contribution in [0.4, 0.5) is 0 Å². The second kappa shape index (κ2) is 1.97. The number of aromatic amines is 1. The third kappa shape index (κ3) is 0.897. The minimum atomic E-state index is 0.261. The molecule has 0 aliphatic heterocycles. The number of H-pyrrole nitrogens is 1. The second-order valence-electron chi connectivity index (χ2n) is 3.69. The minimum Gasteiger partial charge on any atom is -0.278 e. The number of hydrogen-bond donors (Lipinski definition) is 1. The summed E-state index contributed by atoms with van der Waals surface area (Å²) in [5.74, 6) is 0. The van der Waals surface area contributed by atoms with Crippen molar-refractivity contribution in [3.8, 4) is 0 Å². The summed E-state index contributed by atoms with van der Waals surface area (Å²) >= 11 is 0. The fraction of sp³-hybridized carbons (Fsp3) is 0.444. The standard InChI is InChI=1S/C9H12N2/c1-9(2)5-3-4-8-7(9)6-10-11-8/h3-4,6H,5H2,1-2H3,(H,10,11). The van der Waals surface area contributed by atoms with Gasteiger partial charge in [-0.15, -0.1) is 0 Å². The van der Waals surface area contributed by atoms with Crippen LogP contribution in [0.2, 0.25) is 0 Å². The molecule has 0 radical (unpaired) electrons. The number of aromatic nitrogens is 2. The lowest BCUT2D eigenvalue weighted by molar-refractivity contribution is 0.529. The van der Waals surface area contributed by atoms with E-state index in [9.17, 15) is 0 Å². The lowest BCUT2D eigenvalue weighted by Crippen LogP contribution is -2.18. The molecule has 0 atom stereocenters. The minimum absolute atomic E-state index is 0.261. The molecule has 0 spiro atoms. The number of rotatable bonds is 0. The van der Waals surface area contributed by atoms with Crippen LogP contribution in [0.25, 0.3) is 6.08 Å². The summed E-state index contributed by atoms with van der Waals surface area (Å²) < 4.78 is 0. The Hall–Kier alpha value is -1.05. The van der Waals surface area contributed by atoms with Crippen LogP contribution in [0.3, 0.4) is 0 Å². The predicted octanol–water partition coefficient (Wildman–Crippen LogP) is 2.10. The Kier molecular flexibility index (Phi) is 1.19. The van der Waals surface area contributed by atoms with Crippen molar-refractivity contribution in [1.82, 2.24) is 10.2 Å². The monoisotopic (exact) mass is 148 g/mol. The number of hydrogen-bond acceptors (Lipinski definition) is 1. The molecule has 1 heterocycles. The van der Waals surface area contributed by atoms with Crippen LogP contribution in [0.15, 0.2) is 12.3 Å². The molecule has 1 aromatic heterocycles. The SMILES string of the molecule is CC1(C)CC=Cc2[nH]ncc21. The third-order valence-corrected chi connectivity index (χ3v) is 2.31. The van der Waals surface area contributed by atoms with E-state index in [2.05, 4.69) is 36.2 Å². The topological polar surface area (TPSA) is 28.7 Å². The van der Waals surface area contributed by atoms with Crippen LogP contribution < -0.4 is 0 Å². The van der Waals surface area contributed by atoms with Gasteiger partial charge in [-0.3, -0.25) is 5.10 Å². The third-order valence-electron chi connectivity index (χ3n) is 2.31. The number of allylic oxidation sites excluding steroid dienone is 1. The molecule has 1 N–H and O–H groups in total.